The smallest absolute Gasteiger partial charge is 0.410 e. The minimum absolute atomic E-state index is 0.0351. The number of hydrogen-bond acceptors (Lipinski definition) is 12. The number of fused-ring (bicyclic) bond motifs is 6. The molecule has 6 aliphatic rings. The van der Waals surface area contributed by atoms with E-state index >= 15 is 0 Å². The molecule has 5 saturated heterocycles. The summed E-state index contributed by atoms with van der Waals surface area (Å²) in [7, 11) is 3.88. The average Bonchev–Trinajstić information content (AvgIpc) is 3.46. The SMILES string of the molecule is CC[C@H]1OC(=O)[C@H](C)[C@H]2OCC3COC(C)(C[C@@H](C)C(=O)[C@H](C)[C@@H]4N(CC3CC3CNc5ccccc5C3)C(=O)OC41C)[C@H](O[C@@H]1O[C@H](C)C[C@H](N(C)C)[C@H]1O)[C@H]2C. The number of amides is 1. The highest BCUT2D eigenvalue weighted by atomic mass is 16.7. The van der Waals surface area contributed by atoms with Crippen LogP contribution in [0.25, 0.3) is 0 Å². The second-order valence-corrected chi connectivity index (χ2v) is 19.3. The molecule has 5 unspecified atom stereocenters. The van der Waals surface area contributed by atoms with Crippen molar-refractivity contribution in [3.05, 3.63) is 29.8 Å². The van der Waals surface area contributed by atoms with Gasteiger partial charge >= 0.3 is 12.1 Å². The third kappa shape index (κ3) is 8.05. The maximum Gasteiger partial charge on any atom is 0.410 e. The van der Waals surface area contributed by atoms with Gasteiger partial charge in [-0.15, -0.1) is 0 Å². The third-order valence-corrected chi connectivity index (χ3v) is 14.8. The molecule has 7 rings (SSSR count). The van der Waals surface area contributed by atoms with E-state index in [9.17, 15) is 19.5 Å². The van der Waals surface area contributed by atoms with E-state index in [0.717, 1.165) is 25.1 Å². The van der Waals surface area contributed by atoms with Crippen molar-refractivity contribution in [2.75, 3.05) is 45.7 Å². The molecular weight excluding hydrogens is 743 g/mol. The van der Waals surface area contributed by atoms with Crippen molar-refractivity contribution < 1.29 is 47.9 Å². The van der Waals surface area contributed by atoms with Crippen LogP contribution in [-0.4, -0.2) is 133 Å². The third-order valence-electron chi connectivity index (χ3n) is 14.8. The Balaban J connectivity index is 1.37. The molecule has 6 aliphatic heterocycles. The molecule has 1 amide bonds. The summed E-state index contributed by atoms with van der Waals surface area (Å²) in [4.78, 5) is 47.5. The lowest BCUT2D eigenvalue weighted by Crippen LogP contribution is -2.61. The number of hydrogen-bond donors (Lipinski definition) is 2. The molecule has 0 aliphatic carbocycles. The molecule has 13 heteroatoms. The van der Waals surface area contributed by atoms with E-state index in [-0.39, 0.29) is 48.9 Å². The minimum atomic E-state index is -1.29. The summed E-state index contributed by atoms with van der Waals surface area (Å²) in [6.45, 7) is 17.0. The van der Waals surface area contributed by atoms with Gasteiger partial charge in [0.2, 0.25) is 0 Å². The van der Waals surface area contributed by atoms with Crippen LogP contribution in [0.15, 0.2) is 24.3 Å². The maximum absolute atomic E-state index is 14.9. The highest BCUT2D eigenvalue weighted by Gasteiger charge is 2.61. The number of ether oxygens (including phenoxy) is 6. The molecular formula is C45H69N3O10. The Morgan fingerprint density at radius 2 is 1.78 bits per heavy atom. The maximum atomic E-state index is 14.9. The summed E-state index contributed by atoms with van der Waals surface area (Å²) in [5.41, 5.74) is 0.0288. The van der Waals surface area contributed by atoms with Gasteiger partial charge in [0.15, 0.2) is 11.9 Å². The number of rotatable bonds is 6. The predicted molar refractivity (Wildman–Crippen MR) is 217 cm³/mol. The molecule has 13 nitrogen and oxygen atoms in total. The number of Topliss-reactive ketones (excluding diaryl/α,β-unsaturated/α-hetero) is 1. The number of aliphatic hydroxyl groups excluding tert-OH is 1. The molecule has 324 valence electrons. The van der Waals surface area contributed by atoms with Crippen molar-refractivity contribution in [1.82, 2.24) is 9.80 Å². The molecule has 0 radical (unpaired) electrons. The van der Waals surface area contributed by atoms with E-state index in [4.69, 9.17) is 28.4 Å². The number of benzene rings is 1. The van der Waals surface area contributed by atoms with Gasteiger partial charge in [0.25, 0.3) is 0 Å². The molecule has 0 aromatic heterocycles. The lowest BCUT2D eigenvalue weighted by Gasteiger charge is -2.49. The lowest BCUT2D eigenvalue weighted by molar-refractivity contribution is -0.303. The average molecular weight is 812 g/mol. The Morgan fingerprint density at radius 1 is 1.03 bits per heavy atom. The van der Waals surface area contributed by atoms with Crippen LogP contribution in [0.1, 0.15) is 86.6 Å². The predicted octanol–water partition coefficient (Wildman–Crippen LogP) is 5.31. The van der Waals surface area contributed by atoms with Crippen LogP contribution in [-0.2, 0) is 44.4 Å². The first kappa shape index (κ1) is 43.3. The van der Waals surface area contributed by atoms with Gasteiger partial charge < -0.3 is 48.6 Å². The van der Waals surface area contributed by atoms with Gasteiger partial charge in [-0.05, 0) is 97.4 Å². The first-order valence-electron chi connectivity index (χ1n) is 21.9. The van der Waals surface area contributed by atoms with Crippen LogP contribution in [0.3, 0.4) is 0 Å². The first-order chi connectivity index (χ1) is 27.4. The molecule has 17 atom stereocenters. The monoisotopic (exact) mass is 811 g/mol. The van der Waals surface area contributed by atoms with Crippen LogP contribution in [0.5, 0.6) is 0 Å². The number of ketones is 1. The number of anilines is 1. The Hall–Kier alpha value is -2.81. The highest BCUT2D eigenvalue weighted by Crippen LogP contribution is 2.47. The molecule has 0 spiro atoms. The molecule has 2 N–H and O–H groups in total. The Labute approximate surface area is 345 Å². The zero-order valence-corrected chi connectivity index (χ0v) is 36.3. The lowest BCUT2D eigenvalue weighted by atomic mass is 9.72. The van der Waals surface area contributed by atoms with Crippen molar-refractivity contribution in [1.29, 1.82) is 0 Å². The fourth-order valence-electron chi connectivity index (χ4n) is 11.7. The topological polar surface area (TPSA) is 145 Å². The van der Waals surface area contributed by atoms with Crippen LogP contribution in [0.2, 0.25) is 0 Å². The summed E-state index contributed by atoms with van der Waals surface area (Å²) >= 11 is 0. The molecule has 6 bridgehead atoms. The van der Waals surface area contributed by atoms with Gasteiger partial charge in [0.05, 0.1) is 49.1 Å². The first-order valence-corrected chi connectivity index (χ1v) is 21.9. The molecule has 1 aromatic carbocycles. The highest BCUT2D eigenvalue weighted by molar-refractivity contribution is 5.85. The summed E-state index contributed by atoms with van der Waals surface area (Å²) in [5, 5.41) is 15.4. The molecule has 6 heterocycles. The number of carbonyl (C=O) groups is 3. The van der Waals surface area contributed by atoms with Crippen molar-refractivity contribution in [3.8, 4) is 0 Å². The van der Waals surface area contributed by atoms with Gasteiger partial charge in [-0.3, -0.25) is 9.59 Å². The van der Waals surface area contributed by atoms with E-state index in [1.165, 1.54) is 5.56 Å². The Bertz CT molecular complexity index is 1660. The van der Waals surface area contributed by atoms with Gasteiger partial charge in [-0.2, -0.15) is 0 Å². The normalized spacial score (nSPS) is 44.9. The molecule has 5 fully saturated rings. The minimum Gasteiger partial charge on any atom is -0.458 e. The molecule has 58 heavy (non-hydrogen) atoms. The molecule has 1 aromatic rings. The van der Waals surface area contributed by atoms with Crippen LogP contribution < -0.4 is 5.32 Å². The number of aliphatic hydroxyl groups is 1. The van der Waals surface area contributed by atoms with Gasteiger partial charge in [0, 0.05) is 48.5 Å². The number of likely N-dealkylation sites (N-methyl/N-ethyl adjacent to an activating group) is 1. The fraction of sp³-hybridized carbons (Fsp3) is 0.800. The van der Waals surface area contributed by atoms with Gasteiger partial charge in [-0.25, -0.2) is 4.79 Å². The van der Waals surface area contributed by atoms with Crippen molar-refractivity contribution >= 4 is 23.5 Å². The van der Waals surface area contributed by atoms with E-state index < -0.39 is 83.7 Å². The number of para-hydroxylation sites is 1. The van der Waals surface area contributed by atoms with Gasteiger partial charge in [0.1, 0.15) is 18.0 Å². The molecule has 0 saturated carbocycles. The quantitative estimate of drug-likeness (QED) is 0.360. The number of cyclic esters (lactones) is 1. The second kappa shape index (κ2) is 16.9. The van der Waals surface area contributed by atoms with E-state index in [0.29, 0.717) is 25.8 Å². The van der Waals surface area contributed by atoms with Crippen molar-refractivity contribution in [3.63, 3.8) is 0 Å². The number of esters is 1. The van der Waals surface area contributed by atoms with Crippen molar-refractivity contribution in [2.45, 2.75) is 148 Å². The van der Waals surface area contributed by atoms with E-state index in [2.05, 4.69) is 23.5 Å². The van der Waals surface area contributed by atoms with Crippen molar-refractivity contribution in [2.24, 2.45) is 41.4 Å². The van der Waals surface area contributed by atoms with E-state index in [1.807, 2.05) is 80.5 Å². The zero-order chi connectivity index (χ0) is 41.8. The van der Waals surface area contributed by atoms with Crippen LogP contribution in [0, 0.1) is 41.4 Å². The van der Waals surface area contributed by atoms with Gasteiger partial charge in [-0.1, -0.05) is 45.9 Å². The number of nitrogens with zero attached hydrogens (tertiary/aromatic N) is 2. The fourth-order valence-corrected chi connectivity index (χ4v) is 11.7. The zero-order valence-electron chi connectivity index (χ0n) is 36.3. The second-order valence-electron chi connectivity index (χ2n) is 19.3. The summed E-state index contributed by atoms with van der Waals surface area (Å²) in [6.07, 6.45) is -1.99. The number of nitrogens with one attached hydrogen (secondary N) is 1. The largest absolute Gasteiger partial charge is 0.458 e. The number of carbonyl (C=O) groups excluding carboxylic acids is 3. The van der Waals surface area contributed by atoms with Crippen LogP contribution in [0.4, 0.5) is 10.5 Å². The summed E-state index contributed by atoms with van der Waals surface area (Å²) in [5.74, 6) is -3.00. The standard InChI is InChI=1S/C45H69N3O10/c1-11-35-45(8)39-26(4)36(49)24(2)19-44(7)40(57-42-37(50)34(47(9)10)16-25(3)55-42)27(5)38(28(6)41(51)56-35)53-22-32(23-54-44)31(21-48(39)43(52)58-45)18-29-17-30-14-12-13-15-33(30)46-20-29/h12-15,24-29,31-32,34-35,37-40,42,46,50H,11,16-23H2,1-10H3/t24-,25-,26+,27+,28-,29?,31?,32?,34+,35-,37-,38+,39+,40-,42+,44?,45?/m1/s1. The summed E-state index contributed by atoms with van der Waals surface area (Å²) < 4.78 is 40.5. The summed E-state index contributed by atoms with van der Waals surface area (Å²) in [6, 6.07) is 7.49. The Kier molecular flexibility index (Phi) is 12.6. The van der Waals surface area contributed by atoms with E-state index in [1.54, 1.807) is 4.90 Å². The van der Waals surface area contributed by atoms with Crippen LogP contribution >= 0.6 is 0 Å². The Morgan fingerprint density at radius 3 is 2.50 bits per heavy atom.